The Balaban J connectivity index is 1.16. The van der Waals surface area contributed by atoms with E-state index in [-0.39, 0.29) is 38.7 Å². The molecule has 1 saturated carbocycles. The minimum atomic E-state index is -1.08. The molecule has 5 rings (SSSR count). The van der Waals surface area contributed by atoms with Gasteiger partial charge in [0.25, 0.3) is 0 Å². The van der Waals surface area contributed by atoms with Crippen molar-refractivity contribution in [3.05, 3.63) is 23.8 Å². The molecule has 3 heterocycles. The predicted octanol–water partition coefficient (Wildman–Crippen LogP) is 4.22. The van der Waals surface area contributed by atoms with Crippen molar-refractivity contribution in [2.45, 2.75) is 121 Å². The van der Waals surface area contributed by atoms with Crippen LogP contribution >= 0.6 is 0 Å². The summed E-state index contributed by atoms with van der Waals surface area (Å²) >= 11 is 0. The molecule has 0 aromatic heterocycles. The molecule has 3 N–H and O–H groups in total. The molecule has 0 bridgehead atoms. The van der Waals surface area contributed by atoms with Crippen molar-refractivity contribution in [3.63, 3.8) is 0 Å². The van der Waals surface area contributed by atoms with Gasteiger partial charge in [0.05, 0.1) is 19.3 Å². The molecular weight excluding hydrogens is 626 g/mol. The number of alkyl carbamates (subject to hydrolysis) is 2. The molecule has 1 aliphatic carbocycles. The van der Waals surface area contributed by atoms with E-state index in [0.29, 0.717) is 49.6 Å². The third kappa shape index (κ3) is 10.4. The number of hydrogen-bond donors (Lipinski definition) is 3. The standard InChI is InChI=1S/C34H49N3O11/c1-22(31(39)42-2)37-30(38)13-11-25-16-27(46-33(41)36-19-24-10-12-28-29(15-24)45-21-44-28)17-34(47-25)14-6-9-26(48-34)20-43-32(40)35-18-23-7-4-3-5-8-23/h10,12,15,22-23,25-27H,3-9,11,13-14,16-21H2,1-2H3,(H,35,40)(H,36,41)(H,37,38)/t22-,25+,26+,27+,34-/m0/s1. The van der Waals surface area contributed by atoms with Gasteiger partial charge in [-0.2, -0.15) is 0 Å². The summed E-state index contributed by atoms with van der Waals surface area (Å²) in [6, 6.07) is 4.66. The highest BCUT2D eigenvalue weighted by molar-refractivity contribution is 5.84. The zero-order chi connectivity index (χ0) is 33.9. The number of rotatable bonds is 12. The van der Waals surface area contributed by atoms with Gasteiger partial charge in [0.1, 0.15) is 18.8 Å². The summed E-state index contributed by atoms with van der Waals surface area (Å²) in [6.45, 7) is 2.62. The number of benzene rings is 1. The molecule has 266 valence electrons. The minimum absolute atomic E-state index is 0.0711. The van der Waals surface area contributed by atoms with Gasteiger partial charge in [0.2, 0.25) is 12.7 Å². The summed E-state index contributed by atoms with van der Waals surface area (Å²) in [7, 11) is 1.26. The van der Waals surface area contributed by atoms with Crippen LogP contribution in [0.3, 0.4) is 0 Å². The average Bonchev–Trinajstić information content (AvgIpc) is 3.56. The van der Waals surface area contributed by atoms with Crippen LogP contribution in [0.2, 0.25) is 0 Å². The van der Waals surface area contributed by atoms with Gasteiger partial charge in [-0.15, -0.1) is 0 Å². The number of ether oxygens (including phenoxy) is 7. The highest BCUT2D eigenvalue weighted by Gasteiger charge is 2.47. The first-order valence-corrected chi connectivity index (χ1v) is 17.2. The molecule has 48 heavy (non-hydrogen) atoms. The van der Waals surface area contributed by atoms with E-state index in [1.54, 1.807) is 13.0 Å². The van der Waals surface area contributed by atoms with Crippen LogP contribution in [0.15, 0.2) is 18.2 Å². The lowest BCUT2D eigenvalue weighted by Crippen LogP contribution is -2.53. The Morgan fingerprint density at radius 1 is 0.958 bits per heavy atom. The van der Waals surface area contributed by atoms with Crippen LogP contribution in [-0.4, -0.2) is 81.3 Å². The number of fused-ring (bicyclic) bond motifs is 1. The van der Waals surface area contributed by atoms with Crippen molar-refractivity contribution < 1.29 is 52.3 Å². The number of methoxy groups -OCH3 is 1. The van der Waals surface area contributed by atoms with Crippen LogP contribution in [0.25, 0.3) is 0 Å². The molecule has 3 amide bonds. The molecule has 0 unspecified atom stereocenters. The fourth-order valence-corrected chi connectivity index (χ4v) is 6.86. The number of hydrogen-bond acceptors (Lipinski definition) is 11. The highest BCUT2D eigenvalue weighted by Crippen LogP contribution is 2.41. The van der Waals surface area contributed by atoms with Crippen LogP contribution in [0.1, 0.15) is 89.5 Å². The minimum Gasteiger partial charge on any atom is -0.467 e. The Hall–Kier alpha value is -3.78. The number of carbonyl (C=O) groups is 4. The molecule has 0 radical (unpaired) electrons. The normalized spacial score (nSPS) is 25.8. The molecule has 1 aromatic rings. The van der Waals surface area contributed by atoms with Crippen LogP contribution in [0.5, 0.6) is 11.5 Å². The van der Waals surface area contributed by atoms with E-state index in [4.69, 9.17) is 33.2 Å². The molecule has 3 aliphatic heterocycles. The van der Waals surface area contributed by atoms with E-state index in [1.165, 1.54) is 26.4 Å². The second-order valence-electron chi connectivity index (χ2n) is 13.1. The molecule has 14 heteroatoms. The van der Waals surface area contributed by atoms with Gasteiger partial charge in [0.15, 0.2) is 17.3 Å². The van der Waals surface area contributed by atoms with Gasteiger partial charge in [-0.3, -0.25) is 4.79 Å². The van der Waals surface area contributed by atoms with Gasteiger partial charge in [-0.1, -0.05) is 25.3 Å². The van der Waals surface area contributed by atoms with Gasteiger partial charge in [-0.05, 0) is 62.6 Å². The molecule has 3 fully saturated rings. The number of nitrogens with one attached hydrogen (secondary N) is 3. The lowest BCUT2D eigenvalue weighted by molar-refractivity contribution is -0.329. The Kier molecular flexibility index (Phi) is 12.6. The largest absolute Gasteiger partial charge is 0.467 e. The first-order valence-electron chi connectivity index (χ1n) is 17.2. The smallest absolute Gasteiger partial charge is 0.407 e. The molecule has 4 aliphatic rings. The third-order valence-corrected chi connectivity index (χ3v) is 9.34. The SMILES string of the molecule is COC(=O)[C@H](C)NC(=O)CC[C@@H]1C[C@@H](OC(=O)NCc2ccc3c(c2)OCO3)C[C@@]2(CCC[C@H](COC(=O)NCC3CCCCC3)O2)O1. The van der Waals surface area contributed by atoms with Gasteiger partial charge >= 0.3 is 18.2 Å². The summed E-state index contributed by atoms with van der Waals surface area (Å²) in [4.78, 5) is 49.8. The van der Waals surface area contributed by atoms with Gasteiger partial charge < -0.3 is 49.1 Å². The quantitative estimate of drug-likeness (QED) is 0.214. The fraction of sp³-hybridized carbons (Fsp3) is 0.706. The molecule has 14 nitrogen and oxygen atoms in total. The lowest BCUT2D eigenvalue weighted by atomic mass is 9.89. The molecule has 1 spiro atoms. The Morgan fingerprint density at radius 2 is 1.75 bits per heavy atom. The average molecular weight is 676 g/mol. The second-order valence-corrected chi connectivity index (χ2v) is 13.1. The zero-order valence-corrected chi connectivity index (χ0v) is 27.9. The zero-order valence-electron chi connectivity index (χ0n) is 27.9. The van der Waals surface area contributed by atoms with Crippen molar-refractivity contribution in [3.8, 4) is 11.5 Å². The van der Waals surface area contributed by atoms with Gasteiger partial charge in [0, 0.05) is 38.8 Å². The number of esters is 1. The highest BCUT2D eigenvalue weighted by atomic mass is 16.7. The maximum Gasteiger partial charge on any atom is 0.407 e. The van der Waals surface area contributed by atoms with E-state index < -0.39 is 48.3 Å². The molecule has 1 aromatic carbocycles. The maximum absolute atomic E-state index is 13.0. The monoisotopic (exact) mass is 675 g/mol. The van der Waals surface area contributed by atoms with E-state index >= 15 is 0 Å². The van der Waals surface area contributed by atoms with E-state index in [2.05, 4.69) is 16.0 Å². The first kappa shape index (κ1) is 35.5. The first-order chi connectivity index (χ1) is 23.2. The Bertz CT molecular complexity index is 1270. The van der Waals surface area contributed by atoms with Crippen LogP contribution in [-0.2, 0) is 39.8 Å². The van der Waals surface area contributed by atoms with Crippen LogP contribution < -0.4 is 25.4 Å². The maximum atomic E-state index is 13.0. The van der Waals surface area contributed by atoms with Crippen LogP contribution in [0, 0.1) is 5.92 Å². The lowest BCUT2D eigenvalue weighted by Gasteiger charge is -2.47. The molecule has 5 atom stereocenters. The molecule has 2 saturated heterocycles. The fourth-order valence-electron chi connectivity index (χ4n) is 6.86. The Labute approximate surface area is 281 Å². The summed E-state index contributed by atoms with van der Waals surface area (Å²) in [6.07, 6.45) is 6.44. The Morgan fingerprint density at radius 3 is 2.56 bits per heavy atom. The van der Waals surface area contributed by atoms with E-state index in [1.807, 2.05) is 12.1 Å². The summed E-state index contributed by atoms with van der Waals surface area (Å²) < 4.78 is 39.8. The van der Waals surface area contributed by atoms with E-state index in [0.717, 1.165) is 24.8 Å². The van der Waals surface area contributed by atoms with Crippen LogP contribution in [0.4, 0.5) is 9.59 Å². The second kappa shape index (κ2) is 17.0. The number of carbonyl (C=O) groups excluding carboxylic acids is 4. The van der Waals surface area contributed by atoms with Crippen molar-refractivity contribution in [2.75, 3.05) is 27.1 Å². The van der Waals surface area contributed by atoms with Crippen molar-refractivity contribution in [2.24, 2.45) is 5.92 Å². The predicted molar refractivity (Wildman–Crippen MR) is 170 cm³/mol. The topological polar surface area (TPSA) is 169 Å². The summed E-state index contributed by atoms with van der Waals surface area (Å²) in [5.41, 5.74) is 0.825. The van der Waals surface area contributed by atoms with Crippen molar-refractivity contribution >= 4 is 24.1 Å². The van der Waals surface area contributed by atoms with Gasteiger partial charge in [-0.25, -0.2) is 14.4 Å². The summed E-state index contributed by atoms with van der Waals surface area (Å²) in [5, 5.41) is 8.32. The summed E-state index contributed by atoms with van der Waals surface area (Å²) in [5.74, 6) is -0.175. The number of amides is 3. The third-order valence-electron chi connectivity index (χ3n) is 9.34. The van der Waals surface area contributed by atoms with E-state index in [9.17, 15) is 19.2 Å². The van der Waals surface area contributed by atoms with Crippen molar-refractivity contribution in [1.29, 1.82) is 0 Å². The van der Waals surface area contributed by atoms with Crippen molar-refractivity contribution in [1.82, 2.24) is 16.0 Å². The molecular formula is C34H49N3O11.